The van der Waals surface area contributed by atoms with Gasteiger partial charge in [0.1, 0.15) is 0 Å². The van der Waals surface area contributed by atoms with Gasteiger partial charge in [-0.05, 0) is 32.4 Å². The highest BCUT2D eigenvalue weighted by Gasteiger charge is 2.21. The SMILES string of the molecule is CCNC(=NCCN(C)Cc1ccccc1)NC1CC1.I. The predicted octanol–water partition coefficient (Wildman–Crippen LogP) is 2.45. The summed E-state index contributed by atoms with van der Waals surface area (Å²) in [4.78, 5) is 6.93. The molecule has 0 bridgehead atoms. The van der Waals surface area contributed by atoms with Crippen molar-refractivity contribution < 1.29 is 0 Å². The largest absolute Gasteiger partial charge is 0.357 e. The number of likely N-dealkylation sites (N-methyl/N-ethyl adjacent to an activating group) is 1. The molecule has 0 spiro atoms. The van der Waals surface area contributed by atoms with Gasteiger partial charge in [0, 0.05) is 25.7 Å². The molecule has 0 unspecified atom stereocenters. The lowest BCUT2D eigenvalue weighted by Gasteiger charge is -2.16. The smallest absolute Gasteiger partial charge is 0.191 e. The molecule has 2 N–H and O–H groups in total. The molecule has 0 amide bonds. The summed E-state index contributed by atoms with van der Waals surface area (Å²) in [6.45, 7) is 5.79. The van der Waals surface area contributed by atoms with Crippen LogP contribution in [0, 0.1) is 0 Å². The molecular formula is C16H27IN4. The molecular weight excluding hydrogens is 375 g/mol. The molecule has 1 aliphatic carbocycles. The number of hydrogen-bond acceptors (Lipinski definition) is 2. The number of benzene rings is 1. The molecule has 1 aliphatic rings. The number of nitrogens with one attached hydrogen (secondary N) is 2. The van der Waals surface area contributed by atoms with E-state index >= 15 is 0 Å². The number of rotatable bonds is 7. The summed E-state index contributed by atoms with van der Waals surface area (Å²) in [6, 6.07) is 11.2. The molecule has 0 saturated heterocycles. The summed E-state index contributed by atoms with van der Waals surface area (Å²) >= 11 is 0. The highest BCUT2D eigenvalue weighted by atomic mass is 127. The molecule has 5 heteroatoms. The third-order valence-electron chi connectivity index (χ3n) is 3.31. The Hall–Kier alpha value is -0.820. The van der Waals surface area contributed by atoms with Gasteiger partial charge in [0.15, 0.2) is 5.96 Å². The molecule has 1 aromatic carbocycles. The maximum absolute atomic E-state index is 4.63. The van der Waals surface area contributed by atoms with Gasteiger partial charge in [0.05, 0.1) is 6.54 Å². The van der Waals surface area contributed by atoms with E-state index in [0.29, 0.717) is 6.04 Å². The van der Waals surface area contributed by atoms with Gasteiger partial charge in [-0.25, -0.2) is 0 Å². The Balaban J connectivity index is 0.00000220. The zero-order valence-electron chi connectivity index (χ0n) is 13.0. The zero-order chi connectivity index (χ0) is 14.2. The molecule has 118 valence electrons. The lowest BCUT2D eigenvalue weighted by molar-refractivity contribution is 0.336. The maximum Gasteiger partial charge on any atom is 0.191 e. The molecule has 0 radical (unpaired) electrons. The van der Waals surface area contributed by atoms with E-state index in [4.69, 9.17) is 0 Å². The van der Waals surface area contributed by atoms with Crippen molar-refractivity contribution in [3.8, 4) is 0 Å². The minimum Gasteiger partial charge on any atom is -0.357 e. The summed E-state index contributed by atoms with van der Waals surface area (Å²) in [5.74, 6) is 0.961. The average molecular weight is 402 g/mol. The van der Waals surface area contributed by atoms with Gasteiger partial charge in [-0.1, -0.05) is 30.3 Å². The Morgan fingerprint density at radius 1 is 1.29 bits per heavy atom. The van der Waals surface area contributed by atoms with E-state index in [0.717, 1.165) is 32.1 Å². The van der Waals surface area contributed by atoms with Crippen LogP contribution >= 0.6 is 24.0 Å². The van der Waals surface area contributed by atoms with Crippen LogP contribution in [0.4, 0.5) is 0 Å². The second-order valence-electron chi connectivity index (χ2n) is 5.40. The van der Waals surface area contributed by atoms with Crippen molar-refractivity contribution in [2.45, 2.75) is 32.4 Å². The molecule has 2 rings (SSSR count). The molecule has 1 aromatic rings. The number of guanidine groups is 1. The summed E-state index contributed by atoms with van der Waals surface area (Å²) in [6.07, 6.45) is 2.55. The maximum atomic E-state index is 4.63. The summed E-state index contributed by atoms with van der Waals surface area (Å²) < 4.78 is 0. The number of nitrogens with zero attached hydrogens (tertiary/aromatic N) is 2. The van der Waals surface area contributed by atoms with Crippen molar-refractivity contribution in [3.63, 3.8) is 0 Å². The summed E-state index contributed by atoms with van der Waals surface area (Å²) in [5.41, 5.74) is 1.35. The summed E-state index contributed by atoms with van der Waals surface area (Å²) in [5, 5.41) is 6.73. The van der Waals surface area contributed by atoms with Crippen LogP contribution in [-0.2, 0) is 6.54 Å². The molecule has 1 fully saturated rings. The second kappa shape index (κ2) is 10.00. The van der Waals surface area contributed by atoms with E-state index in [1.165, 1.54) is 18.4 Å². The van der Waals surface area contributed by atoms with Gasteiger partial charge in [-0.3, -0.25) is 4.99 Å². The van der Waals surface area contributed by atoms with Gasteiger partial charge in [0.25, 0.3) is 0 Å². The lowest BCUT2D eigenvalue weighted by Crippen LogP contribution is -2.39. The van der Waals surface area contributed by atoms with Gasteiger partial charge in [-0.15, -0.1) is 24.0 Å². The first-order valence-electron chi connectivity index (χ1n) is 7.55. The van der Waals surface area contributed by atoms with Gasteiger partial charge in [0.2, 0.25) is 0 Å². The van der Waals surface area contributed by atoms with E-state index in [1.54, 1.807) is 0 Å². The first-order chi connectivity index (χ1) is 9.78. The van der Waals surface area contributed by atoms with Gasteiger partial charge < -0.3 is 15.5 Å². The van der Waals surface area contributed by atoms with Crippen LogP contribution in [0.3, 0.4) is 0 Å². The van der Waals surface area contributed by atoms with Crippen LogP contribution in [0.25, 0.3) is 0 Å². The van der Waals surface area contributed by atoms with Crippen molar-refractivity contribution in [1.82, 2.24) is 15.5 Å². The minimum atomic E-state index is 0. The highest BCUT2D eigenvalue weighted by Crippen LogP contribution is 2.18. The second-order valence-corrected chi connectivity index (χ2v) is 5.40. The van der Waals surface area contributed by atoms with Crippen LogP contribution in [0.1, 0.15) is 25.3 Å². The van der Waals surface area contributed by atoms with E-state index in [-0.39, 0.29) is 24.0 Å². The van der Waals surface area contributed by atoms with Crippen LogP contribution in [-0.4, -0.2) is 43.6 Å². The normalized spacial score (nSPS) is 14.7. The topological polar surface area (TPSA) is 39.7 Å². The third kappa shape index (κ3) is 7.66. The van der Waals surface area contributed by atoms with Crippen LogP contribution in [0.2, 0.25) is 0 Å². The van der Waals surface area contributed by atoms with Crippen molar-refractivity contribution in [3.05, 3.63) is 35.9 Å². The van der Waals surface area contributed by atoms with Crippen molar-refractivity contribution in [1.29, 1.82) is 0 Å². The predicted molar refractivity (Wildman–Crippen MR) is 100 cm³/mol. The van der Waals surface area contributed by atoms with E-state index in [9.17, 15) is 0 Å². The Kier molecular flexibility index (Phi) is 8.68. The Morgan fingerprint density at radius 2 is 2.00 bits per heavy atom. The monoisotopic (exact) mass is 402 g/mol. The van der Waals surface area contributed by atoms with E-state index in [2.05, 4.69) is 64.8 Å². The van der Waals surface area contributed by atoms with Gasteiger partial charge in [-0.2, -0.15) is 0 Å². The average Bonchev–Trinajstić information content (AvgIpc) is 3.24. The fraction of sp³-hybridized carbons (Fsp3) is 0.562. The molecule has 4 nitrogen and oxygen atoms in total. The molecule has 0 heterocycles. The van der Waals surface area contributed by atoms with E-state index in [1.807, 2.05) is 0 Å². The molecule has 1 saturated carbocycles. The van der Waals surface area contributed by atoms with Crippen LogP contribution in [0.5, 0.6) is 0 Å². The number of halogens is 1. The Morgan fingerprint density at radius 3 is 2.62 bits per heavy atom. The third-order valence-corrected chi connectivity index (χ3v) is 3.31. The quantitative estimate of drug-likeness (QED) is 0.418. The van der Waals surface area contributed by atoms with Crippen molar-refractivity contribution >= 4 is 29.9 Å². The zero-order valence-corrected chi connectivity index (χ0v) is 15.3. The van der Waals surface area contributed by atoms with E-state index < -0.39 is 0 Å². The minimum absolute atomic E-state index is 0. The first kappa shape index (κ1) is 18.2. The highest BCUT2D eigenvalue weighted by molar-refractivity contribution is 14.0. The van der Waals surface area contributed by atoms with Crippen LogP contribution < -0.4 is 10.6 Å². The van der Waals surface area contributed by atoms with Crippen molar-refractivity contribution in [2.75, 3.05) is 26.7 Å². The Bertz CT molecular complexity index is 418. The molecule has 0 aromatic heterocycles. The Labute approximate surface area is 145 Å². The number of aliphatic imine (C=N–C) groups is 1. The first-order valence-corrected chi connectivity index (χ1v) is 7.55. The number of hydrogen-bond donors (Lipinski definition) is 2. The fourth-order valence-corrected chi connectivity index (χ4v) is 2.05. The van der Waals surface area contributed by atoms with Gasteiger partial charge >= 0.3 is 0 Å². The standard InChI is InChI=1S/C16H26N4.HI/c1-3-17-16(19-15-9-10-15)18-11-12-20(2)13-14-7-5-4-6-8-14;/h4-8,15H,3,9-13H2,1-2H3,(H2,17,18,19);1H. The summed E-state index contributed by atoms with van der Waals surface area (Å²) in [7, 11) is 2.14. The fourth-order valence-electron chi connectivity index (χ4n) is 2.05. The molecule has 0 aliphatic heterocycles. The van der Waals surface area contributed by atoms with Crippen LogP contribution in [0.15, 0.2) is 35.3 Å². The lowest BCUT2D eigenvalue weighted by atomic mass is 10.2. The molecule has 0 atom stereocenters. The van der Waals surface area contributed by atoms with Crippen molar-refractivity contribution in [2.24, 2.45) is 4.99 Å². The molecule has 21 heavy (non-hydrogen) atoms.